The molecule has 0 fully saturated rings. The minimum atomic E-state index is -1.08. The summed E-state index contributed by atoms with van der Waals surface area (Å²) in [6.45, 7) is 1.46. The Morgan fingerprint density at radius 1 is 1.55 bits per heavy atom. The predicted molar refractivity (Wildman–Crippen MR) is 65.4 cm³/mol. The molecule has 0 aromatic carbocycles. The van der Waals surface area contributed by atoms with Gasteiger partial charge in [0.05, 0.1) is 6.26 Å². The van der Waals surface area contributed by atoms with Crippen molar-refractivity contribution in [2.45, 2.75) is 25.9 Å². The maximum absolute atomic E-state index is 11.7. The van der Waals surface area contributed by atoms with Gasteiger partial charge in [0.2, 0.25) is 11.7 Å². The van der Waals surface area contributed by atoms with Gasteiger partial charge in [-0.05, 0) is 23.8 Å². The molecule has 2 heterocycles. The van der Waals surface area contributed by atoms with E-state index in [1.807, 2.05) is 0 Å². The highest BCUT2D eigenvalue weighted by atomic mass is 16.4. The van der Waals surface area contributed by atoms with Crippen LogP contribution in [-0.2, 0) is 16.1 Å². The van der Waals surface area contributed by atoms with Gasteiger partial charge in [0, 0.05) is 0 Å². The Kier molecular flexibility index (Phi) is 4.08. The fraction of sp³-hybridized carbons (Fsp3) is 0.364. The van der Waals surface area contributed by atoms with Crippen molar-refractivity contribution in [1.29, 1.82) is 0 Å². The minimum Gasteiger partial charge on any atom is -0.480 e. The molecule has 2 rings (SSSR count). The lowest BCUT2D eigenvalue weighted by molar-refractivity contribution is -0.142. The SMILES string of the molecule is CCC(NC(=O)Cn1nnc(-c2ccco2)n1)C(=O)O. The van der Waals surface area contributed by atoms with Crippen molar-refractivity contribution in [2.75, 3.05) is 0 Å². The van der Waals surface area contributed by atoms with Crippen LogP contribution in [-0.4, -0.2) is 43.2 Å². The molecule has 2 N–H and O–H groups in total. The Hall–Kier alpha value is -2.71. The van der Waals surface area contributed by atoms with Crippen molar-refractivity contribution in [3.63, 3.8) is 0 Å². The molecule has 9 nitrogen and oxygen atoms in total. The number of hydrogen-bond donors (Lipinski definition) is 2. The zero-order valence-electron chi connectivity index (χ0n) is 10.7. The zero-order valence-corrected chi connectivity index (χ0v) is 10.7. The molecule has 1 unspecified atom stereocenters. The first-order chi connectivity index (χ1) is 9.60. The van der Waals surface area contributed by atoms with Crippen LogP contribution in [0.25, 0.3) is 11.6 Å². The van der Waals surface area contributed by atoms with Gasteiger partial charge in [0.15, 0.2) is 5.76 Å². The largest absolute Gasteiger partial charge is 0.480 e. The first kappa shape index (κ1) is 13.7. The molecule has 0 bridgehead atoms. The Labute approximate surface area is 113 Å². The second-order valence-corrected chi connectivity index (χ2v) is 3.99. The van der Waals surface area contributed by atoms with E-state index in [4.69, 9.17) is 9.52 Å². The number of carbonyl (C=O) groups is 2. The van der Waals surface area contributed by atoms with Gasteiger partial charge < -0.3 is 14.8 Å². The second-order valence-electron chi connectivity index (χ2n) is 3.99. The smallest absolute Gasteiger partial charge is 0.326 e. The summed E-state index contributed by atoms with van der Waals surface area (Å²) in [6.07, 6.45) is 1.77. The molecule has 0 aliphatic rings. The average molecular weight is 279 g/mol. The predicted octanol–water partition coefficient (Wildman–Crippen LogP) is -0.0875. The third-order valence-electron chi connectivity index (χ3n) is 2.52. The van der Waals surface area contributed by atoms with Gasteiger partial charge in [0.1, 0.15) is 12.6 Å². The van der Waals surface area contributed by atoms with Gasteiger partial charge in [-0.2, -0.15) is 4.80 Å². The Morgan fingerprint density at radius 2 is 2.35 bits per heavy atom. The van der Waals surface area contributed by atoms with Crippen LogP contribution in [0.15, 0.2) is 22.8 Å². The molecule has 2 aromatic heterocycles. The Bertz CT molecular complexity index is 592. The summed E-state index contributed by atoms with van der Waals surface area (Å²) in [5, 5.41) is 22.6. The van der Waals surface area contributed by atoms with Gasteiger partial charge >= 0.3 is 5.97 Å². The van der Waals surface area contributed by atoms with E-state index >= 15 is 0 Å². The van der Waals surface area contributed by atoms with Crippen LogP contribution in [0.3, 0.4) is 0 Å². The number of nitrogens with one attached hydrogen (secondary N) is 1. The number of nitrogens with zero attached hydrogens (tertiary/aromatic N) is 4. The molecule has 20 heavy (non-hydrogen) atoms. The van der Waals surface area contributed by atoms with Crippen LogP contribution in [0.4, 0.5) is 0 Å². The van der Waals surface area contributed by atoms with Crippen molar-refractivity contribution in [2.24, 2.45) is 0 Å². The minimum absolute atomic E-state index is 0.211. The summed E-state index contributed by atoms with van der Waals surface area (Å²) < 4.78 is 5.09. The first-order valence-electron chi connectivity index (χ1n) is 5.94. The highest BCUT2D eigenvalue weighted by Crippen LogP contribution is 2.12. The maximum Gasteiger partial charge on any atom is 0.326 e. The van der Waals surface area contributed by atoms with Gasteiger partial charge in [0.25, 0.3) is 0 Å². The van der Waals surface area contributed by atoms with Gasteiger partial charge in [-0.1, -0.05) is 6.92 Å². The summed E-state index contributed by atoms with van der Waals surface area (Å²) in [7, 11) is 0. The lowest BCUT2D eigenvalue weighted by atomic mass is 10.2. The van der Waals surface area contributed by atoms with Crippen molar-refractivity contribution in [3.05, 3.63) is 18.4 Å². The molecule has 2 aromatic rings. The van der Waals surface area contributed by atoms with Crippen LogP contribution < -0.4 is 5.32 Å². The Morgan fingerprint density at radius 3 is 2.95 bits per heavy atom. The number of amides is 1. The molecule has 0 aliphatic heterocycles. The molecule has 106 valence electrons. The van der Waals surface area contributed by atoms with Crippen molar-refractivity contribution >= 4 is 11.9 Å². The average Bonchev–Trinajstić information content (AvgIpc) is 3.05. The number of furan rings is 1. The molecule has 0 radical (unpaired) electrons. The van der Waals surface area contributed by atoms with Crippen molar-refractivity contribution in [1.82, 2.24) is 25.5 Å². The van der Waals surface area contributed by atoms with E-state index in [1.165, 1.54) is 6.26 Å². The molecule has 9 heteroatoms. The number of rotatable bonds is 6. The molecule has 1 atom stereocenters. The monoisotopic (exact) mass is 279 g/mol. The summed E-state index contributed by atoms with van der Waals surface area (Å²) >= 11 is 0. The number of aliphatic carboxylic acids is 1. The lowest BCUT2D eigenvalue weighted by Crippen LogP contribution is -2.42. The topological polar surface area (TPSA) is 123 Å². The van der Waals surface area contributed by atoms with Crippen LogP contribution in [0, 0.1) is 0 Å². The van der Waals surface area contributed by atoms with E-state index in [1.54, 1.807) is 19.1 Å². The number of carboxylic acids is 1. The molecular formula is C11H13N5O4. The van der Waals surface area contributed by atoms with E-state index in [-0.39, 0.29) is 12.4 Å². The summed E-state index contributed by atoms with van der Waals surface area (Å²) in [5.41, 5.74) is 0. The standard InChI is InChI=1S/C11H13N5O4/c1-2-7(11(18)19)12-9(17)6-16-14-10(13-15-16)8-4-3-5-20-8/h3-5,7H,2,6H2,1H3,(H,12,17)(H,18,19). The third kappa shape index (κ3) is 3.19. The van der Waals surface area contributed by atoms with Crippen LogP contribution in [0.1, 0.15) is 13.3 Å². The van der Waals surface area contributed by atoms with Crippen LogP contribution in [0.5, 0.6) is 0 Å². The molecule has 1 amide bonds. The van der Waals surface area contributed by atoms with E-state index in [9.17, 15) is 9.59 Å². The highest BCUT2D eigenvalue weighted by molar-refractivity contribution is 5.83. The van der Waals surface area contributed by atoms with Crippen molar-refractivity contribution < 1.29 is 19.1 Å². The maximum atomic E-state index is 11.7. The first-order valence-corrected chi connectivity index (χ1v) is 5.94. The summed E-state index contributed by atoms with van der Waals surface area (Å²) in [6, 6.07) is 2.43. The Balaban J connectivity index is 1.97. The third-order valence-corrected chi connectivity index (χ3v) is 2.52. The fourth-order valence-electron chi connectivity index (χ4n) is 1.52. The van der Waals surface area contributed by atoms with E-state index in [0.29, 0.717) is 12.2 Å². The molecule has 0 saturated carbocycles. The summed E-state index contributed by atoms with van der Waals surface area (Å²) in [5.74, 6) is -0.881. The number of carbonyl (C=O) groups excluding carboxylic acids is 1. The molecule has 0 spiro atoms. The number of tetrazole rings is 1. The molecule has 0 aliphatic carbocycles. The number of aromatic nitrogens is 4. The van der Waals surface area contributed by atoms with Crippen LogP contribution >= 0.6 is 0 Å². The van der Waals surface area contributed by atoms with E-state index in [0.717, 1.165) is 4.80 Å². The summed E-state index contributed by atoms with van der Waals surface area (Å²) in [4.78, 5) is 23.5. The fourth-order valence-corrected chi connectivity index (χ4v) is 1.52. The van der Waals surface area contributed by atoms with Gasteiger partial charge in [-0.3, -0.25) is 4.79 Å². The van der Waals surface area contributed by atoms with E-state index in [2.05, 4.69) is 20.7 Å². The van der Waals surface area contributed by atoms with Crippen molar-refractivity contribution in [3.8, 4) is 11.6 Å². The lowest BCUT2D eigenvalue weighted by Gasteiger charge is -2.11. The zero-order chi connectivity index (χ0) is 14.5. The quantitative estimate of drug-likeness (QED) is 0.757. The van der Waals surface area contributed by atoms with E-state index < -0.39 is 17.9 Å². The normalized spacial score (nSPS) is 12.1. The number of carboxylic acid groups (broad SMARTS) is 1. The van der Waals surface area contributed by atoms with Crippen LogP contribution in [0.2, 0.25) is 0 Å². The molecular weight excluding hydrogens is 266 g/mol. The highest BCUT2D eigenvalue weighted by Gasteiger charge is 2.18. The number of hydrogen-bond acceptors (Lipinski definition) is 6. The van der Waals surface area contributed by atoms with Gasteiger partial charge in [-0.25, -0.2) is 4.79 Å². The van der Waals surface area contributed by atoms with Gasteiger partial charge in [-0.15, -0.1) is 10.2 Å². The second kappa shape index (κ2) is 5.95. The molecule has 0 saturated heterocycles.